The number of hydrogen-bond acceptors (Lipinski definition) is 5. The quantitative estimate of drug-likeness (QED) is 0.398. The first-order valence-corrected chi connectivity index (χ1v) is 11.8. The van der Waals surface area contributed by atoms with Crippen molar-refractivity contribution in [1.82, 2.24) is 29.7 Å². The maximum atomic E-state index is 13.7. The topological polar surface area (TPSA) is 101 Å². The summed E-state index contributed by atoms with van der Waals surface area (Å²) in [6.45, 7) is 4.84. The summed E-state index contributed by atoms with van der Waals surface area (Å²) in [4.78, 5) is 26.2. The predicted octanol–water partition coefficient (Wildman–Crippen LogP) is 4.77. The number of benzene rings is 1. The molecule has 172 valence electrons. The van der Waals surface area contributed by atoms with Crippen LogP contribution in [0.1, 0.15) is 48.3 Å². The number of rotatable bonds is 5. The van der Waals surface area contributed by atoms with Gasteiger partial charge in [0.05, 0.1) is 30.6 Å². The highest BCUT2D eigenvalue weighted by Crippen LogP contribution is 2.42. The molecule has 0 aliphatic carbocycles. The highest BCUT2D eigenvalue weighted by atomic mass is 16.5. The highest BCUT2D eigenvalue weighted by Gasteiger charge is 2.41. The minimum absolute atomic E-state index is 0.0593. The zero-order valence-electron chi connectivity index (χ0n) is 19.3. The molecular formula is C26H26N6O2. The van der Waals surface area contributed by atoms with E-state index in [2.05, 4.69) is 57.2 Å². The molecule has 0 radical (unpaired) electrons. The summed E-state index contributed by atoms with van der Waals surface area (Å²) in [5, 5.41) is 8.88. The van der Waals surface area contributed by atoms with Crippen LogP contribution in [-0.2, 0) is 23.2 Å². The van der Waals surface area contributed by atoms with Crippen molar-refractivity contribution >= 4 is 27.8 Å². The van der Waals surface area contributed by atoms with Gasteiger partial charge >= 0.3 is 0 Å². The van der Waals surface area contributed by atoms with Gasteiger partial charge in [-0.25, -0.2) is 9.97 Å². The maximum absolute atomic E-state index is 13.7. The van der Waals surface area contributed by atoms with Crippen molar-refractivity contribution in [3.8, 4) is 11.3 Å². The van der Waals surface area contributed by atoms with E-state index >= 15 is 0 Å². The first-order valence-electron chi connectivity index (χ1n) is 11.8. The molecule has 1 unspecified atom stereocenters. The summed E-state index contributed by atoms with van der Waals surface area (Å²) in [6.07, 6.45) is 9.46. The Bertz CT molecular complexity index is 1510. The minimum Gasteiger partial charge on any atom is -0.368 e. The van der Waals surface area contributed by atoms with Crippen molar-refractivity contribution in [1.29, 1.82) is 0 Å². The molecule has 0 bridgehead atoms. The van der Waals surface area contributed by atoms with E-state index in [4.69, 9.17) is 4.74 Å². The Balaban J connectivity index is 1.42. The number of nitrogens with zero attached hydrogens (tertiary/aromatic N) is 4. The molecule has 8 nitrogen and oxygen atoms in total. The predicted molar refractivity (Wildman–Crippen MR) is 130 cm³/mol. The first kappa shape index (κ1) is 20.8. The summed E-state index contributed by atoms with van der Waals surface area (Å²) >= 11 is 0. The van der Waals surface area contributed by atoms with Crippen LogP contribution in [0.25, 0.3) is 33.2 Å². The normalized spacial score (nSPS) is 17.9. The van der Waals surface area contributed by atoms with Crippen molar-refractivity contribution in [3.63, 3.8) is 0 Å². The Morgan fingerprint density at radius 2 is 2.12 bits per heavy atom. The summed E-state index contributed by atoms with van der Waals surface area (Å²) in [5.74, 6) is -0.0593. The molecule has 0 amide bonds. The van der Waals surface area contributed by atoms with Gasteiger partial charge in [-0.3, -0.25) is 14.5 Å². The molecule has 5 heterocycles. The second-order valence-electron chi connectivity index (χ2n) is 8.82. The van der Waals surface area contributed by atoms with E-state index in [0.717, 1.165) is 40.7 Å². The highest BCUT2D eigenvalue weighted by molar-refractivity contribution is 5.97. The van der Waals surface area contributed by atoms with E-state index < -0.39 is 5.60 Å². The third-order valence-electron chi connectivity index (χ3n) is 7.12. The fourth-order valence-corrected chi connectivity index (χ4v) is 5.33. The van der Waals surface area contributed by atoms with Gasteiger partial charge in [-0.2, -0.15) is 5.10 Å². The van der Waals surface area contributed by atoms with E-state index in [-0.39, 0.29) is 12.3 Å². The number of H-pyrrole nitrogens is 2. The lowest BCUT2D eigenvalue weighted by atomic mass is 9.86. The summed E-state index contributed by atoms with van der Waals surface area (Å²) in [6, 6.07) is 8.34. The minimum atomic E-state index is -0.703. The monoisotopic (exact) mass is 454 g/mol. The number of aromatic amines is 2. The largest absolute Gasteiger partial charge is 0.368 e. The van der Waals surface area contributed by atoms with Crippen molar-refractivity contribution < 1.29 is 9.53 Å². The van der Waals surface area contributed by atoms with Gasteiger partial charge in [0.2, 0.25) is 5.91 Å². The number of carbonyl (C=O) groups is 1. The molecule has 0 saturated carbocycles. The molecule has 2 N–H and O–H groups in total. The molecule has 34 heavy (non-hydrogen) atoms. The molecule has 1 aromatic carbocycles. The molecule has 1 atom stereocenters. The smallest absolute Gasteiger partial charge is 0.235 e. The van der Waals surface area contributed by atoms with Crippen molar-refractivity contribution in [2.75, 3.05) is 6.61 Å². The molecule has 0 fully saturated rings. The Hall–Kier alpha value is -3.78. The standard InChI is InChI=1S/C26H26N6O2/c1-3-16-6-5-7-18-19-9-11-34-26(4-2,24(19)31-23(16)18)12-21(33)32-10-8-20-22(17-13-29-30-14-17)27-15-28-25(20)32/h5-8,10,13-15,31H,3-4,9,11-12H2,1-2H3,(H,29,30). The van der Waals surface area contributed by atoms with Crippen LogP contribution in [0.2, 0.25) is 0 Å². The number of ether oxygens (including phenoxy) is 1. The van der Waals surface area contributed by atoms with Gasteiger partial charge in [0.15, 0.2) is 5.65 Å². The average Bonchev–Trinajstić information content (AvgIpc) is 3.62. The molecule has 0 spiro atoms. The number of para-hydroxylation sites is 1. The van der Waals surface area contributed by atoms with Gasteiger partial charge in [0.1, 0.15) is 11.9 Å². The number of carbonyl (C=O) groups excluding carboxylic acids is 1. The number of fused-ring (bicyclic) bond motifs is 4. The van der Waals surface area contributed by atoms with Crippen LogP contribution in [0.4, 0.5) is 0 Å². The number of hydrogen-bond donors (Lipinski definition) is 2. The van der Waals surface area contributed by atoms with Crippen LogP contribution in [0.15, 0.2) is 49.2 Å². The van der Waals surface area contributed by atoms with E-state index in [9.17, 15) is 4.79 Å². The van der Waals surface area contributed by atoms with Crippen LogP contribution in [0.5, 0.6) is 0 Å². The second-order valence-corrected chi connectivity index (χ2v) is 8.82. The van der Waals surface area contributed by atoms with Crippen molar-refractivity contribution in [2.24, 2.45) is 0 Å². The van der Waals surface area contributed by atoms with Gasteiger partial charge in [-0.15, -0.1) is 0 Å². The van der Waals surface area contributed by atoms with Crippen LogP contribution >= 0.6 is 0 Å². The van der Waals surface area contributed by atoms with E-state index in [1.165, 1.54) is 22.8 Å². The maximum Gasteiger partial charge on any atom is 0.235 e. The SMILES string of the molecule is CCc1cccc2c3c([nH]c12)C(CC)(CC(=O)n1ccc2c(-c4cn[nH]c4)ncnc21)OCC3. The molecule has 8 heteroatoms. The number of nitrogens with one attached hydrogen (secondary N) is 2. The van der Waals surface area contributed by atoms with E-state index in [1.54, 1.807) is 23.2 Å². The molecular weight excluding hydrogens is 428 g/mol. The Kier molecular flexibility index (Phi) is 4.84. The molecule has 5 aromatic rings. The number of aryl methyl sites for hydroxylation is 1. The zero-order valence-corrected chi connectivity index (χ0v) is 19.3. The van der Waals surface area contributed by atoms with Crippen LogP contribution in [0, 0.1) is 0 Å². The van der Waals surface area contributed by atoms with Crippen molar-refractivity contribution in [2.45, 2.75) is 45.1 Å². The lowest BCUT2D eigenvalue weighted by Crippen LogP contribution is -2.38. The van der Waals surface area contributed by atoms with Crippen LogP contribution in [0.3, 0.4) is 0 Å². The fraction of sp³-hybridized carbons (Fsp3) is 0.308. The Labute approximate surface area is 196 Å². The molecule has 4 aromatic heterocycles. The fourth-order valence-electron chi connectivity index (χ4n) is 5.33. The lowest BCUT2D eigenvalue weighted by Gasteiger charge is -2.36. The third kappa shape index (κ3) is 3.02. The van der Waals surface area contributed by atoms with E-state index in [0.29, 0.717) is 18.7 Å². The van der Waals surface area contributed by atoms with Gasteiger partial charge < -0.3 is 9.72 Å². The van der Waals surface area contributed by atoms with E-state index in [1.807, 2.05) is 6.07 Å². The van der Waals surface area contributed by atoms with Crippen LogP contribution < -0.4 is 0 Å². The zero-order chi connectivity index (χ0) is 23.3. The molecule has 1 aliphatic rings. The summed E-state index contributed by atoms with van der Waals surface area (Å²) in [5.41, 5.74) is 6.23. The summed E-state index contributed by atoms with van der Waals surface area (Å²) < 4.78 is 8.02. The van der Waals surface area contributed by atoms with Gasteiger partial charge in [-0.1, -0.05) is 32.0 Å². The molecule has 0 saturated heterocycles. The van der Waals surface area contributed by atoms with Gasteiger partial charge in [-0.05, 0) is 36.5 Å². The Morgan fingerprint density at radius 1 is 1.21 bits per heavy atom. The summed E-state index contributed by atoms with van der Waals surface area (Å²) in [7, 11) is 0. The van der Waals surface area contributed by atoms with Crippen molar-refractivity contribution in [3.05, 3.63) is 66.0 Å². The van der Waals surface area contributed by atoms with Crippen LogP contribution in [-0.4, -0.2) is 42.2 Å². The third-order valence-corrected chi connectivity index (χ3v) is 7.12. The Morgan fingerprint density at radius 3 is 2.91 bits per heavy atom. The first-order chi connectivity index (χ1) is 16.6. The van der Waals surface area contributed by atoms with Gasteiger partial charge in [0.25, 0.3) is 0 Å². The average molecular weight is 455 g/mol. The molecule has 1 aliphatic heterocycles. The second kappa shape index (κ2) is 7.92. The van der Waals surface area contributed by atoms with Gasteiger partial charge in [0, 0.05) is 34.2 Å². The number of aromatic nitrogens is 6. The lowest BCUT2D eigenvalue weighted by molar-refractivity contribution is -0.0667. The molecule has 6 rings (SSSR count).